The maximum Gasteiger partial charge on any atom is 0.0402 e. The van der Waals surface area contributed by atoms with Crippen molar-refractivity contribution in [1.82, 2.24) is 0 Å². The van der Waals surface area contributed by atoms with Crippen LogP contribution in [0, 0.1) is 0 Å². The Bertz CT molecular complexity index is 11.7. The van der Waals surface area contributed by atoms with E-state index in [0.29, 0.717) is 0 Å². The van der Waals surface area contributed by atoms with Crippen LogP contribution in [0.5, 0.6) is 0 Å². The molecule has 0 spiro atoms. The third-order valence-electron chi connectivity index (χ3n) is 0. The average Bonchev–Trinajstić information content (AvgIpc) is 1.39. The maximum absolute atomic E-state index is 7.57. The van der Waals surface area contributed by atoms with Gasteiger partial charge in [-0.25, -0.2) is 0 Å². The van der Waals surface area contributed by atoms with Gasteiger partial charge in [0, 0.05) is 30.3 Å². The Morgan fingerprint density at radius 1 is 1.00 bits per heavy atom. The molecule has 0 unspecified atom stereocenters. The van der Waals surface area contributed by atoms with Gasteiger partial charge < -0.3 is 10.2 Å². The van der Waals surface area contributed by atoms with Gasteiger partial charge in [0.05, 0.1) is 0 Å². The van der Waals surface area contributed by atoms with Crippen molar-refractivity contribution in [3.05, 3.63) is 0 Å². The second-order valence-corrected chi connectivity index (χ2v) is 0.632. The van der Waals surface area contributed by atoms with E-state index in [9.17, 15) is 0 Å². The van der Waals surface area contributed by atoms with Gasteiger partial charge in [0.2, 0.25) is 0 Å². The molecule has 0 aromatic rings. The van der Waals surface area contributed by atoms with Gasteiger partial charge in [0.15, 0.2) is 0 Å². The molecule has 2 N–H and O–H groups in total. The van der Waals surface area contributed by atoms with E-state index in [0.717, 1.165) is 0 Å². The molecule has 0 aromatic carbocycles. The van der Waals surface area contributed by atoms with Crippen molar-refractivity contribution in [3.8, 4) is 0 Å². The summed E-state index contributed by atoms with van der Waals surface area (Å²) in [5.41, 5.74) is 0. The Hall–Kier alpha value is 0.439. The predicted octanol–water partition coefficient (Wildman–Crippen LogP) is -0.00530. The van der Waals surface area contributed by atoms with Crippen LogP contribution < -0.4 is 0 Å². The van der Waals surface area contributed by atoms with Gasteiger partial charge in [-0.1, -0.05) is 0 Å². The third kappa shape index (κ3) is 657. The van der Waals surface area contributed by atoms with Crippen molar-refractivity contribution in [3.63, 3.8) is 0 Å². The van der Waals surface area contributed by atoms with Crippen LogP contribution in [0.25, 0.3) is 0 Å². The first kappa shape index (κ1) is 15.7. The van der Waals surface area contributed by atoms with Gasteiger partial charge in [0.1, 0.15) is 0 Å². The van der Waals surface area contributed by atoms with Crippen molar-refractivity contribution in [1.29, 1.82) is 0 Å². The summed E-state index contributed by atoms with van der Waals surface area (Å²) in [5.74, 6) is 0. The first-order valence-corrected chi connectivity index (χ1v) is 2.05. The third-order valence-corrected chi connectivity index (χ3v) is 0. The summed E-state index contributed by atoms with van der Waals surface area (Å²) in [6, 6.07) is 0. The van der Waals surface area contributed by atoms with Crippen molar-refractivity contribution in [2.45, 2.75) is 13.8 Å². The summed E-state index contributed by atoms with van der Waals surface area (Å²) in [6.07, 6.45) is 0. The van der Waals surface area contributed by atoms with Crippen LogP contribution in [-0.2, 0) is 17.1 Å². The maximum atomic E-state index is 7.57. The van der Waals surface area contributed by atoms with E-state index < -0.39 is 0 Å². The van der Waals surface area contributed by atoms with E-state index in [1.54, 1.807) is 13.8 Å². The molecular formula is C4H12FeO2. The second kappa shape index (κ2) is 32.0. The Labute approximate surface area is 55.0 Å². The van der Waals surface area contributed by atoms with Gasteiger partial charge in [-0.2, -0.15) is 0 Å². The zero-order valence-corrected chi connectivity index (χ0v) is 5.77. The van der Waals surface area contributed by atoms with Crippen LogP contribution in [0.15, 0.2) is 0 Å². The molecule has 0 aromatic heterocycles. The van der Waals surface area contributed by atoms with Crippen molar-refractivity contribution in [2.75, 3.05) is 13.2 Å². The van der Waals surface area contributed by atoms with Crippen LogP contribution in [0.1, 0.15) is 13.8 Å². The fourth-order valence-corrected chi connectivity index (χ4v) is 0. The summed E-state index contributed by atoms with van der Waals surface area (Å²) in [4.78, 5) is 0. The SMILES string of the molecule is CCO.CCO.[Fe]. The largest absolute Gasteiger partial charge is 0.397 e. The van der Waals surface area contributed by atoms with Gasteiger partial charge in [-0.05, 0) is 13.8 Å². The minimum absolute atomic E-state index is 0. The molecule has 0 amide bonds. The van der Waals surface area contributed by atoms with E-state index in [2.05, 4.69) is 0 Å². The molecule has 0 aliphatic carbocycles. The quantitative estimate of drug-likeness (QED) is 0.474. The molecule has 48 valence electrons. The van der Waals surface area contributed by atoms with Gasteiger partial charge in [0.25, 0.3) is 0 Å². The predicted molar refractivity (Wildman–Crippen MR) is 25.5 cm³/mol. The van der Waals surface area contributed by atoms with E-state index in [1.807, 2.05) is 0 Å². The van der Waals surface area contributed by atoms with Gasteiger partial charge >= 0.3 is 0 Å². The first-order chi connectivity index (χ1) is 2.83. The van der Waals surface area contributed by atoms with Crippen LogP contribution >= 0.6 is 0 Å². The van der Waals surface area contributed by atoms with Gasteiger partial charge in [-0.3, -0.25) is 0 Å². The Balaban J connectivity index is -0.0000000400. The molecular weight excluding hydrogens is 136 g/mol. The molecule has 0 saturated heterocycles. The summed E-state index contributed by atoms with van der Waals surface area (Å²) < 4.78 is 0. The number of aliphatic hydroxyl groups excluding tert-OH is 2. The number of hydrogen-bond donors (Lipinski definition) is 2. The summed E-state index contributed by atoms with van der Waals surface area (Å²) >= 11 is 0. The van der Waals surface area contributed by atoms with Crippen molar-refractivity contribution < 1.29 is 27.3 Å². The summed E-state index contributed by atoms with van der Waals surface area (Å²) in [5, 5.41) is 15.1. The standard InChI is InChI=1S/2C2H6O.Fe/c2*1-2-3;/h2*3H,2H2,1H3;. The number of aliphatic hydroxyl groups is 2. The summed E-state index contributed by atoms with van der Waals surface area (Å²) in [7, 11) is 0. The topological polar surface area (TPSA) is 40.5 Å². The Morgan fingerprint density at radius 3 is 1.00 bits per heavy atom. The molecule has 0 atom stereocenters. The zero-order chi connectivity index (χ0) is 5.41. The van der Waals surface area contributed by atoms with Crippen molar-refractivity contribution >= 4 is 0 Å². The van der Waals surface area contributed by atoms with E-state index in [4.69, 9.17) is 10.2 Å². The molecule has 0 saturated carbocycles. The summed E-state index contributed by atoms with van der Waals surface area (Å²) in [6.45, 7) is 3.86. The Morgan fingerprint density at radius 2 is 1.00 bits per heavy atom. The van der Waals surface area contributed by atoms with Crippen LogP contribution in [0.4, 0.5) is 0 Å². The number of hydrogen-bond acceptors (Lipinski definition) is 2. The van der Waals surface area contributed by atoms with E-state index in [-0.39, 0.29) is 30.3 Å². The molecule has 0 bridgehead atoms. The molecule has 0 aliphatic rings. The Kier molecular flexibility index (Phi) is 71.6. The van der Waals surface area contributed by atoms with E-state index in [1.165, 1.54) is 0 Å². The van der Waals surface area contributed by atoms with Crippen LogP contribution in [0.3, 0.4) is 0 Å². The average molecular weight is 148 g/mol. The normalized spacial score (nSPS) is 5.14. The molecule has 7 heavy (non-hydrogen) atoms. The molecule has 3 heteroatoms. The van der Waals surface area contributed by atoms with Gasteiger partial charge in [-0.15, -0.1) is 0 Å². The number of rotatable bonds is 0. The molecule has 0 heterocycles. The zero-order valence-electron chi connectivity index (χ0n) is 4.66. The fourth-order valence-electron chi connectivity index (χ4n) is 0. The molecule has 2 nitrogen and oxygen atoms in total. The first-order valence-electron chi connectivity index (χ1n) is 2.05. The van der Waals surface area contributed by atoms with Crippen LogP contribution in [-0.4, -0.2) is 23.4 Å². The molecule has 0 aliphatic heterocycles. The fraction of sp³-hybridized carbons (Fsp3) is 1.00. The minimum atomic E-state index is 0. The smallest absolute Gasteiger partial charge is 0.0402 e. The molecule has 0 radical (unpaired) electrons. The molecule has 0 rings (SSSR count). The van der Waals surface area contributed by atoms with Crippen LogP contribution in [0.2, 0.25) is 0 Å². The van der Waals surface area contributed by atoms with E-state index >= 15 is 0 Å². The molecule has 0 fully saturated rings. The second-order valence-electron chi connectivity index (χ2n) is 0.632. The minimum Gasteiger partial charge on any atom is -0.397 e. The van der Waals surface area contributed by atoms with Crippen molar-refractivity contribution in [2.24, 2.45) is 0 Å². The monoisotopic (exact) mass is 148 g/mol.